The fourth-order valence-electron chi connectivity index (χ4n) is 5.69. The van der Waals surface area contributed by atoms with Gasteiger partial charge in [-0.1, -0.05) is 91.9 Å². The molecule has 2 heterocycles. The van der Waals surface area contributed by atoms with Crippen LogP contribution in [0.15, 0.2) is 131 Å². The quantitative estimate of drug-likeness (QED) is 0.118. The van der Waals surface area contributed by atoms with E-state index < -0.39 is 22.3 Å². The fourth-order valence-corrected chi connectivity index (χ4v) is 7.88. The second kappa shape index (κ2) is 15.5. The Hall–Kier alpha value is -4.36. The average molecular weight is 697 g/mol. The van der Waals surface area contributed by atoms with Crippen molar-refractivity contribution in [1.82, 2.24) is 9.71 Å². The minimum absolute atomic E-state index is 0.0547. The molecule has 6 rings (SSSR count). The van der Waals surface area contributed by atoms with Gasteiger partial charge in [0.1, 0.15) is 5.03 Å². The van der Waals surface area contributed by atoms with E-state index in [1.165, 1.54) is 11.8 Å². The predicted octanol–water partition coefficient (Wildman–Crippen LogP) is 7.00. The largest absolute Gasteiger partial charge is 0.478 e. The van der Waals surface area contributed by atoms with Crippen LogP contribution in [0.2, 0.25) is 0 Å². The summed E-state index contributed by atoms with van der Waals surface area (Å²) >= 11 is 1.34. The molecular weight excluding hydrogens is 661 g/mol. The van der Waals surface area contributed by atoms with Crippen molar-refractivity contribution in [3.63, 3.8) is 0 Å². The molecule has 0 aliphatic carbocycles. The molecule has 5 aromatic rings. The summed E-state index contributed by atoms with van der Waals surface area (Å²) in [7, 11) is -3.64. The van der Waals surface area contributed by atoms with Gasteiger partial charge in [-0.05, 0) is 58.1 Å². The Kier molecular flexibility index (Phi) is 10.9. The number of carboxylic acids is 1. The molecule has 9 nitrogen and oxygen atoms in total. The molecule has 1 aromatic heterocycles. The summed E-state index contributed by atoms with van der Waals surface area (Å²) < 4.78 is 41.2. The number of aromatic nitrogens is 1. The van der Waals surface area contributed by atoms with Crippen LogP contribution in [0, 0.1) is 5.92 Å². The normalized spacial score (nSPS) is 19.4. The number of hydrogen-bond donors (Lipinski definition) is 3. The van der Waals surface area contributed by atoms with E-state index in [0.717, 1.165) is 33.4 Å². The van der Waals surface area contributed by atoms with Crippen LogP contribution in [0.5, 0.6) is 0 Å². The van der Waals surface area contributed by atoms with E-state index in [1.54, 1.807) is 48.7 Å². The third kappa shape index (κ3) is 8.27. The van der Waals surface area contributed by atoms with Crippen LogP contribution >= 0.6 is 11.8 Å². The lowest BCUT2D eigenvalue weighted by atomic mass is 9.91. The van der Waals surface area contributed by atoms with E-state index in [-0.39, 0.29) is 41.7 Å². The van der Waals surface area contributed by atoms with Crippen molar-refractivity contribution in [1.29, 1.82) is 0 Å². The molecule has 0 unspecified atom stereocenters. The van der Waals surface area contributed by atoms with Gasteiger partial charge >= 0.3 is 5.97 Å². The van der Waals surface area contributed by atoms with Crippen molar-refractivity contribution in [2.24, 2.45) is 5.92 Å². The van der Waals surface area contributed by atoms with Gasteiger partial charge in [0.05, 0.1) is 29.3 Å². The van der Waals surface area contributed by atoms with E-state index in [4.69, 9.17) is 9.47 Å². The highest BCUT2D eigenvalue weighted by Gasteiger charge is 2.38. The van der Waals surface area contributed by atoms with Gasteiger partial charge in [0.15, 0.2) is 6.29 Å². The zero-order chi connectivity index (χ0) is 34.4. The third-order valence-electron chi connectivity index (χ3n) is 8.47. The van der Waals surface area contributed by atoms with Crippen molar-refractivity contribution in [2.75, 3.05) is 5.75 Å². The predicted molar refractivity (Wildman–Crippen MR) is 187 cm³/mol. The van der Waals surface area contributed by atoms with Crippen LogP contribution in [0.1, 0.15) is 51.9 Å². The number of benzene rings is 4. The van der Waals surface area contributed by atoms with Crippen LogP contribution in [-0.4, -0.2) is 41.4 Å². The molecule has 1 fully saturated rings. The number of nitrogens with zero attached hydrogens (tertiary/aromatic N) is 1. The molecule has 4 atom stereocenters. The van der Waals surface area contributed by atoms with Crippen LogP contribution in [0.4, 0.5) is 0 Å². The molecule has 252 valence electrons. The number of pyridine rings is 1. The Labute approximate surface area is 290 Å². The van der Waals surface area contributed by atoms with Gasteiger partial charge in [-0.25, -0.2) is 22.9 Å². The van der Waals surface area contributed by atoms with Crippen molar-refractivity contribution in [3.8, 4) is 11.1 Å². The van der Waals surface area contributed by atoms with Gasteiger partial charge in [0.25, 0.3) is 0 Å². The van der Waals surface area contributed by atoms with Crippen molar-refractivity contribution in [2.45, 2.75) is 48.5 Å². The van der Waals surface area contributed by atoms with Gasteiger partial charge in [0, 0.05) is 30.0 Å². The van der Waals surface area contributed by atoms with Crippen LogP contribution in [0.25, 0.3) is 11.1 Å². The first-order valence-corrected chi connectivity index (χ1v) is 18.2. The Balaban J connectivity index is 1.20. The minimum atomic E-state index is -3.64. The molecule has 0 spiro atoms. The lowest BCUT2D eigenvalue weighted by Gasteiger charge is -2.41. The molecule has 3 N–H and O–H groups in total. The number of thioether (sulfide) groups is 1. The van der Waals surface area contributed by atoms with E-state index >= 15 is 0 Å². The molecule has 0 amide bonds. The molecule has 4 aromatic carbocycles. The van der Waals surface area contributed by atoms with Gasteiger partial charge in [0.2, 0.25) is 10.0 Å². The Morgan fingerprint density at radius 1 is 0.837 bits per heavy atom. The van der Waals surface area contributed by atoms with Crippen LogP contribution < -0.4 is 4.72 Å². The van der Waals surface area contributed by atoms with Crippen molar-refractivity contribution >= 4 is 27.8 Å². The highest BCUT2D eigenvalue weighted by atomic mass is 32.2. The Bertz CT molecular complexity index is 1990. The summed E-state index contributed by atoms with van der Waals surface area (Å²) in [5, 5.41) is 19.6. The lowest BCUT2D eigenvalue weighted by Crippen LogP contribution is -2.38. The SMILES string of the molecule is C[C@@H]1[C@H](CSc2ncccc2C(=O)O)O[C@H](c2ccc(-c3cccc(CNS(=O)(=O)c4ccccc4)c3)cc2)O[C@@H]1c1ccc(CO)cc1. The molecule has 11 heteroatoms. The van der Waals surface area contributed by atoms with E-state index in [1.807, 2.05) is 72.8 Å². The second-order valence-corrected chi connectivity index (χ2v) is 14.5. The first kappa shape index (κ1) is 34.5. The molecule has 0 radical (unpaired) electrons. The summed E-state index contributed by atoms with van der Waals surface area (Å²) in [5.74, 6) is -0.653. The summed E-state index contributed by atoms with van der Waals surface area (Å²) in [6, 6.07) is 34.7. The summed E-state index contributed by atoms with van der Waals surface area (Å²) in [5.41, 5.74) is 5.42. The van der Waals surface area contributed by atoms with Crippen LogP contribution in [-0.2, 0) is 32.6 Å². The van der Waals surface area contributed by atoms with E-state index in [9.17, 15) is 23.4 Å². The molecule has 0 saturated carbocycles. The summed E-state index contributed by atoms with van der Waals surface area (Å²) in [6.45, 7) is 2.15. The Morgan fingerprint density at radius 2 is 1.57 bits per heavy atom. The number of carboxylic acid groups (broad SMARTS) is 1. The number of rotatable bonds is 12. The van der Waals surface area contributed by atoms with Gasteiger partial charge < -0.3 is 19.7 Å². The summed E-state index contributed by atoms with van der Waals surface area (Å²) in [6.07, 6.45) is 0.263. The second-order valence-electron chi connectivity index (χ2n) is 11.8. The van der Waals surface area contributed by atoms with Crippen molar-refractivity contribution in [3.05, 3.63) is 149 Å². The maximum absolute atomic E-state index is 12.7. The first-order valence-electron chi connectivity index (χ1n) is 15.8. The van der Waals surface area contributed by atoms with Gasteiger partial charge in [-0.2, -0.15) is 0 Å². The maximum Gasteiger partial charge on any atom is 0.338 e. The lowest BCUT2D eigenvalue weighted by molar-refractivity contribution is -0.268. The highest BCUT2D eigenvalue weighted by Crippen LogP contribution is 2.43. The number of hydrogen-bond acceptors (Lipinski definition) is 8. The van der Waals surface area contributed by atoms with Crippen LogP contribution in [0.3, 0.4) is 0 Å². The molecule has 49 heavy (non-hydrogen) atoms. The van der Waals surface area contributed by atoms with Crippen molar-refractivity contribution < 1.29 is 32.9 Å². The average Bonchev–Trinajstić information content (AvgIpc) is 3.14. The number of sulfonamides is 1. The number of aliphatic hydroxyl groups excluding tert-OH is 1. The smallest absolute Gasteiger partial charge is 0.338 e. The monoisotopic (exact) mass is 696 g/mol. The maximum atomic E-state index is 12.7. The highest BCUT2D eigenvalue weighted by molar-refractivity contribution is 7.99. The number of aliphatic hydroxyl groups is 1. The Morgan fingerprint density at radius 3 is 2.29 bits per heavy atom. The molecule has 1 aliphatic rings. The number of aromatic carboxylic acids is 1. The molecule has 1 saturated heterocycles. The standard InChI is InChI=1S/C38H36N2O7S2/c1-25-34(24-48-36-33(37(42)43)11-6-20-39-36)46-38(47-35(25)29-14-12-26(23-41)13-15-29)30-18-16-28(17-19-30)31-8-5-7-27(21-31)22-40-49(44,45)32-9-3-2-4-10-32/h2-21,25,34-35,38,40-41H,22-24H2,1H3,(H,42,43)/t25-,34+,35+,38+/m1/s1. The topological polar surface area (TPSA) is 135 Å². The van der Waals surface area contributed by atoms with Gasteiger partial charge in [-0.15, -0.1) is 11.8 Å². The molecule has 0 bridgehead atoms. The summed E-state index contributed by atoms with van der Waals surface area (Å²) in [4.78, 5) is 16.3. The number of nitrogens with one attached hydrogen (secondary N) is 1. The minimum Gasteiger partial charge on any atom is -0.478 e. The number of carbonyl (C=O) groups is 1. The van der Waals surface area contributed by atoms with E-state index in [0.29, 0.717) is 10.8 Å². The zero-order valence-electron chi connectivity index (χ0n) is 26.7. The number of ether oxygens (including phenoxy) is 2. The third-order valence-corrected chi connectivity index (χ3v) is 11.0. The molecule has 1 aliphatic heterocycles. The molecular formula is C38H36N2O7S2. The fraction of sp³-hybridized carbons (Fsp3) is 0.211. The zero-order valence-corrected chi connectivity index (χ0v) is 28.3. The first-order chi connectivity index (χ1) is 23.7. The van der Waals surface area contributed by atoms with E-state index in [2.05, 4.69) is 16.6 Å². The van der Waals surface area contributed by atoms with Gasteiger partial charge in [-0.3, -0.25) is 0 Å².